The summed E-state index contributed by atoms with van der Waals surface area (Å²) in [6, 6.07) is 6.90. The van der Waals surface area contributed by atoms with Crippen molar-refractivity contribution in [2.24, 2.45) is 23.2 Å². The molecule has 0 radical (unpaired) electrons. The highest BCUT2D eigenvalue weighted by atomic mass is 16.7. The van der Waals surface area contributed by atoms with Crippen molar-refractivity contribution in [1.29, 1.82) is 0 Å². The Morgan fingerprint density at radius 3 is 2.79 bits per heavy atom. The van der Waals surface area contributed by atoms with Crippen LogP contribution in [0, 0.1) is 23.2 Å². The van der Waals surface area contributed by atoms with Crippen molar-refractivity contribution >= 4 is 0 Å². The minimum Gasteiger partial charge on any atom is -0.465 e. The van der Waals surface area contributed by atoms with E-state index >= 15 is 0 Å². The topological polar surface area (TPSA) is 27.7 Å². The number of ether oxygens (including phenoxy) is 3. The lowest BCUT2D eigenvalue weighted by Crippen LogP contribution is -2.43. The Morgan fingerprint density at radius 2 is 2.00 bits per heavy atom. The Morgan fingerprint density at radius 1 is 1.10 bits per heavy atom. The van der Waals surface area contributed by atoms with Crippen LogP contribution in [0.2, 0.25) is 0 Å². The quantitative estimate of drug-likeness (QED) is 0.598. The van der Waals surface area contributed by atoms with Gasteiger partial charge in [-0.25, -0.2) is 0 Å². The fourth-order valence-electron chi connectivity index (χ4n) is 7.35. The highest BCUT2D eigenvalue weighted by Gasteiger charge is 2.54. The summed E-state index contributed by atoms with van der Waals surface area (Å²) in [5.41, 5.74) is 3.62. The van der Waals surface area contributed by atoms with Crippen LogP contribution in [0.4, 0.5) is 0 Å². The molecule has 3 fully saturated rings. The molecule has 1 aliphatic heterocycles. The molecule has 0 spiro atoms. The fourth-order valence-corrected chi connectivity index (χ4v) is 7.35. The summed E-state index contributed by atoms with van der Waals surface area (Å²) in [5, 5.41) is 0. The standard InChI is InChI=1S/C26H38O3/c1-17-7-10-24-23-14-18(16-27-3)22-15-19(29-25-6-4-5-13-28-25)8-9-20(22)21(23)11-12-26(17,24)2/h8-9,15,17-18,21,23-25H,4-7,10-14,16H2,1-3H3/t17-,18+,21?,23?,24?,25?,26+/m0/s1. The van der Waals surface area contributed by atoms with Crippen molar-refractivity contribution in [1.82, 2.24) is 0 Å². The van der Waals surface area contributed by atoms with E-state index in [2.05, 4.69) is 32.0 Å². The van der Waals surface area contributed by atoms with Gasteiger partial charge in [-0.1, -0.05) is 19.9 Å². The van der Waals surface area contributed by atoms with Crippen LogP contribution < -0.4 is 4.74 Å². The van der Waals surface area contributed by atoms with Gasteiger partial charge >= 0.3 is 0 Å². The predicted molar refractivity (Wildman–Crippen MR) is 115 cm³/mol. The van der Waals surface area contributed by atoms with E-state index in [4.69, 9.17) is 14.2 Å². The zero-order chi connectivity index (χ0) is 20.0. The molecule has 4 aliphatic rings. The van der Waals surface area contributed by atoms with E-state index in [1.54, 1.807) is 5.56 Å². The maximum atomic E-state index is 6.22. The van der Waals surface area contributed by atoms with Gasteiger partial charge in [-0.05, 0) is 97.3 Å². The van der Waals surface area contributed by atoms with Crippen molar-refractivity contribution in [3.05, 3.63) is 29.3 Å². The average molecular weight is 399 g/mol. The van der Waals surface area contributed by atoms with Crippen molar-refractivity contribution in [3.63, 3.8) is 0 Å². The van der Waals surface area contributed by atoms with Crippen LogP contribution in [0.3, 0.4) is 0 Å². The van der Waals surface area contributed by atoms with Crippen molar-refractivity contribution in [2.75, 3.05) is 20.3 Å². The summed E-state index contributed by atoms with van der Waals surface area (Å²) in [6.07, 6.45) is 10.1. The first-order valence-electron chi connectivity index (χ1n) is 12.0. The van der Waals surface area contributed by atoms with Gasteiger partial charge in [0, 0.05) is 19.4 Å². The molecule has 3 aliphatic carbocycles. The molecule has 29 heavy (non-hydrogen) atoms. The van der Waals surface area contributed by atoms with Crippen molar-refractivity contribution in [3.8, 4) is 5.75 Å². The number of fused-ring (bicyclic) bond motifs is 5. The van der Waals surface area contributed by atoms with Gasteiger partial charge in [0.25, 0.3) is 0 Å². The van der Waals surface area contributed by atoms with E-state index in [0.717, 1.165) is 55.5 Å². The summed E-state index contributed by atoms with van der Waals surface area (Å²) in [7, 11) is 1.85. The summed E-state index contributed by atoms with van der Waals surface area (Å²) < 4.78 is 17.7. The molecule has 1 aromatic rings. The fraction of sp³-hybridized carbons (Fsp3) is 0.769. The Labute approximate surface area is 176 Å². The van der Waals surface area contributed by atoms with E-state index in [9.17, 15) is 0 Å². The maximum absolute atomic E-state index is 6.22. The Balaban J connectivity index is 1.44. The highest BCUT2D eigenvalue weighted by Crippen LogP contribution is 2.64. The van der Waals surface area contributed by atoms with Crippen LogP contribution in [-0.2, 0) is 9.47 Å². The lowest BCUT2D eigenvalue weighted by Gasteiger charge is -2.52. The first kappa shape index (κ1) is 19.9. The number of benzene rings is 1. The Kier molecular flexibility index (Phi) is 5.41. The van der Waals surface area contributed by atoms with Gasteiger partial charge in [0.2, 0.25) is 0 Å². The molecule has 0 N–H and O–H groups in total. The summed E-state index contributed by atoms with van der Waals surface area (Å²) in [6.45, 7) is 6.73. The second-order valence-electron chi connectivity index (χ2n) is 10.5. The Bertz CT molecular complexity index is 725. The van der Waals surface area contributed by atoms with Gasteiger partial charge in [0.15, 0.2) is 6.29 Å². The van der Waals surface area contributed by atoms with E-state index in [1.165, 1.54) is 44.1 Å². The first-order valence-corrected chi connectivity index (χ1v) is 12.0. The number of rotatable bonds is 4. The molecule has 3 nitrogen and oxygen atoms in total. The summed E-state index contributed by atoms with van der Waals surface area (Å²) in [5.74, 6) is 4.77. The smallest absolute Gasteiger partial charge is 0.199 e. The third-order valence-electron chi connectivity index (χ3n) is 9.14. The molecule has 0 bridgehead atoms. The van der Waals surface area contributed by atoms with Gasteiger partial charge in [0.1, 0.15) is 5.75 Å². The average Bonchev–Trinajstić information content (AvgIpc) is 3.04. The SMILES string of the molecule is COC[C@H]1CC2C(CC[C@@]3(C)C2CC[C@@H]3C)c2ccc(OC3CCCCO3)cc21. The Hall–Kier alpha value is -1.06. The van der Waals surface area contributed by atoms with Gasteiger partial charge in [-0.15, -0.1) is 0 Å². The van der Waals surface area contributed by atoms with Gasteiger partial charge in [-0.3, -0.25) is 0 Å². The highest BCUT2D eigenvalue weighted by molar-refractivity contribution is 5.43. The second-order valence-corrected chi connectivity index (χ2v) is 10.5. The molecule has 1 saturated heterocycles. The van der Waals surface area contributed by atoms with Crippen LogP contribution >= 0.6 is 0 Å². The third-order valence-corrected chi connectivity index (χ3v) is 9.14. The van der Waals surface area contributed by atoms with Crippen LogP contribution in [0.25, 0.3) is 0 Å². The van der Waals surface area contributed by atoms with Crippen molar-refractivity contribution in [2.45, 2.75) is 83.3 Å². The maximum Gasteiger partial charge on any atom is 0.199 e. The molecule has 160 valence electrons. The first-order chi connectivity index (χ1) is 14.1. The van der Waals surface area contributed by atoms with Crippen LogP contribution in [0.1, 0.15) is 88.2 Å². The van der Waals surface area contributed by atoms with Gasteiger partial charge in [-0.2, -0.15) is 0 Å². The third kappa shape index (κ3) is 3.43. The molecule has 2 saturated carbocycles. The number of hydrogen-bond donors (Lipinski definition) is 0. The minimum absolute atomic E-state index is 0.0746. The molecular weight excluding hydrogens is 360 g/mol. The zero-order valence-electron chi connectivity index (χ0n) is 18.5. The van der Waals surface area contributed by atoms with Gasteiger partial charge < -0.3 is 14.2 Å². The molecule has 0 amide bonds. The molecule has 4 unspecified atom stereocenters. The normalized spacial score (nSPS) is 41.3. The zero-order valence-corrected chi connectivity index (χ0v) is 18.5. The van der Waals surface area contributed by atoms with Crippen LogP contribution in [-0.4, -0.2) is 26.6 Å². The predicted octanol–water partition coefficient (Wildman–Crippen LogP) is 6.27. The largest absolute Gasteiger partial charge is 0.465 e. The van der Waals surface area contributed by atoms with Crippen LogP contribution in [0.5, 0.6) is 5.75 Å². The van der Waals surface area contributed by atoms with Crippen molar-refractivity contribution < 1.29 is 14.2 Å². The van der Waals surface area contributed by atoms with Crippen LogP contribution in [0.15, 0.2) is 18.2 Å². The second kappa shape index (κ2) is 7.89. The molecule has 5 rings (SSSR count). The summed E-state index contributed by atoms with van der Waals surface area (Å²) in [4.78, 5) is 0. The van der Waals surface area contributed by atoms with E-state index in [1.807, 2.05) is 7.11 Å². The van der Waals surface area contributed by atoms with E-state index in [0.29, 0.717) is 11.3 Å². The van der Waals surface area contributed by atoms with E-state index in [-0.39, 0.29) is 6.29 Å². The number of hydrogen-bond acceptors (Lipinski definition) is 3. The monoisotopic (exact) mass is 398 g/mol. The van der Waals surface area contributed by atoms with Gasteiger partial charge in [0.05, 0.1) is 13.2 Å². The molecule has 3 heteroatoms. The minimum atomic E-state index is -0.0746. The number of methoxy groups -OCH3 is 1. The lowest BCUT2D eigenvalue weighted by molar-refractivity contribution is -0.106. The molecular formula is C26H38O3. The molecule has 7 atom stereocenters. The molecule has 1 aromatic carbocycles. The van der Waals surface area contributed by atoms with E-state index < -0.39 is 0 Å². The lowest BCUT2D eigenvalue weighted by atomic mass is 9.53. The molecule has 0 aromatic heterocycles. The molecule has 1 heterocycles. The summed E-state index contributed by atoms with van der Waals surface area (Å²) >= 11 is 0.